The molecule has 2 aliphatic rings. The van der Waals surface area contributed by atoms with Gasteiger partial charge in [0, 0.05) is 70.3 Å². The number of likely N-dealkylation sites (tertiary alicyclic amines) is 1. The summed E-state index contributed by atoms with van der Waals surface area (Å²) in [6, 6.07) is 10.1. The lowest BCUT2D eigenvalue weighted by molar-refractivity contribution is -0.126. The molecule has 194 valence electrons. The number of ether oxygens (including phenoxy) is 2. The molecule has 0 radical (unpaired) electrons. The van der Waals surface area contributed by atoms with Crippen molar-refractivity contribution >= 4 is 11.9 Å². The molecule has 1 fully saturated rings. The normalized spacial score (nSPS) is 18.3. The van der Waals surface area contributed by atoms with Gasteiger partial charge in [0.15, 0.2) is 0 Å². The molecule has 0 saturated carbocycles. The van der Waals surface area contributed by atoms with E-state index >= 15 is 0 Å². The first kappa shape index (κ1) is 25.9. The van der Waals surface area contributed by atoms with Crippen LogP contribution in [-0.2, 0) is 35.5 Å². The summed E-state index contributed by atoms with van der Waals surface area (Å²) in [6.45, 7) is 8.00. The second-order valence-corrected chi connectivity index (χ2v) is 10.4. The summed E-state index contributed by atoms with van der Waals surface area (Å²) in [6.07, 6.45) is 2.00. The van der Waals surface area contributed by atoms with Crippen molar-refractivity contribution < 1.29 is 19.1 Å². The number of carbonyl (C=O) groups is 2. The van der Waals surface area contributed by atoms with Crippen LogP contribution >= 0.6 is 0 Å². The van der Waals surface area contributed by atoms with Crippen LogP contribution in [0, 0.1) is 11.8 Å². The number of pyridine rings is 1. The molecule has 4 rings (SSSR count). The topological polar surface area (TPSA) is 81.1 Å². The number of amides is 1. The Hall–Kier alpha value is -3.13. The fourth-order valence-corrected chi connectivity index (χ4v) is 5.17. The molecule has 1 aromatic heterocycles. The minimum Gasteiger partial charge on any atom is -0.492 e. The van der Waals surface area contributed by atoms with Crippen LogP contribution in [-0.4, -0.2) is 66.6 Å². The van der Waals surface area contributed by atoms with Crippen LogP contribution in [0.1, 0.15) is 47.4 Å². The number of hydrogen-bond donors (Lipinski definition) is 0. The highest BCUT2D eigenvalue weighted by molar-refractivity contribution is 5.93. The highest BCUT2D eigenvalue weighted by atomic mass is 16.5. The second-order valence-electron chi connectivity index (χ2n) is 10.4. The second kappa shape index (κ2) is 11.3. The quantitative estimate of drug-likeness (QED) is 0.524. The first-order valence-electron chi connectivity index (χ1n) is 12.8. The molecule has 1 saturated heterocycles. The number of hydrogen-bond acceptors (Lipinski definition) is 6. The SMILES string of the molecule is COC(=O)c1c(OCC2CC(=O)N(C)C2)cc(=O)n2c1CCN(Cc1ccc(CC(C)C)cc1)CC2. The molecule has 1 atom stereocenters. The molecule has 1 aromatic carbocycles. The van der Waals surface area contributed by atoms with Crippen molar-refractivity contribution in [3.8, 4) is 5.75 Å². The monoisotopic (exact) mass is 495 g/mol. The number of fused-ring (bicyclic) bond motifs is 1. The van der Waals surface area contributed by atoms with Crippen LogP contribution in [0.4, 0.5) is 0 Å². The van der Waals surface area contributed by atoms with E-state index in [-0.39, 0.29) is 29.7 Å². The molecule has 8 heteroatoms. The van der Waals surface area contributed by atoms with Crippen LogP contribution in [0.3, 0.4) is 0 Å². The predicted molar refractivity (Wildman–Crippen MR) is 137 cm³/mol. The highest BCUT2D eigenvalue weighted by Gasteiger charge is 2.30. The standard InChI is InChI=1S/C28H37N3O5/c1-19(2)13-20-5-7-21(8-6-20)17-30-10-9-23-27(28(34)35-4)24(15-26(33)31(23)12-11-30)36-18-22-14-25(32)29(3)16-22/h5-8,15,19,22H,9-14,16-18H2,1-4H3. The fourth-order valence-electron chi connectivity index (χ4n) is 5.17. The van der Waals surface area contributed by atoms with Crippen LogP contribution < -0.4 is 10.3 Å². The number of esters is 1. The van der Waals surface area contributed by atoms with Gasteiger partial charge in [-0.25, -0.2) is 4.79 Å². The van der Waals surface area contributed by atoms with Gasteiger partial charge in [0.1, 0.15) is 11.3 Å². The number of benzene rings is 1. The van der Waals surface area contributed by atoms with E-state index in [1.54, 1.807) is 16.5 Å². The zero-order chi connectivity index (χ0) is 25.8. The molecule has 0 aliphatic carbocycles. The highest BCUT2D eigenvalue weighted by Crippen LogP contribution is 2.26. The molecule has 1 unspecified atom stereocenters. The van der Waals surface area contributed by atoms with E-state index in [0.717, 1.165) is 13.0 Å². The van der Waals surface area contributed by atoms with E-state index in [9.17, 15) is 14.4 Å². The molecule has 8 nitrogen and oxygen atoms in total. The van der Waals surface area contributed by atoms with Gasteiger partial charge in [0.2, 0.25) is 5.91 Å². The zero-order valence-corrected chi connectivity index (χ0v) is 21.8. The first-order valence-corrected chi connectivity index (χ1v) is 12.8. The van der Waals surface area contributed by atoms with Crippen molar-refractivity contribution in [3.05, 3.63) is 63.1 Å². The molecule has 36 heavy (non-hydrogen) atoms. The molecular weight excluding hydrogens is 458 g/mol. The fraction of sp³-hybridized carbons (Fsp3) is 0.536. The molecule has 2 aliphatic heterocycles. The molecule has 2 aromatic rings. The van der Waals surface area contributed by atoms with Crippen molar-refractivity contribution in [3.63, 3.8) is 0 Å². The van der Waals surface area contributed by atoms with E-state index < -0.39 is 5.97 Å². The summed E-state index contributed by atoms with van der Waals surface area (Å²) >= 11 is 0. The molecule has 0 N–H and O–H groups in total. The average molecular weight is 496 g/mol. The van der Waals surface area contributed by atoms with Gasteiger partial charge in [-0.1, -0.05) is 38.1 Å². The van der Waals surface area contributed by atoms with Crippen LogP contribution in [0.5, 0.6) is 5.75 Å². The van der Waals surface area contributed by atoms with Crippen molar-refractivity contribution in [1.82, 2.24) is 14.4 Å². The van der Waals surface area contributed by atoms with Crippen molar-refractivity contribution in [2.75, 3.05) is 40.4 Å². The van der Waals surface area contributed by atoms with E-state index in [0.29, 0.717) is 56.2 Å². The van der Waals surface area contributed by atoms with Gasteiger partial charge in [-0.2, -0.15) is 0 Å². The van der Waals surface area contributed by atoms with E-state index in [1.807, 2.05) is 0 Å². The Morgan fingerprint density at radius 1 is 1.08 bits per heavy atom. The number of nitrogens with zero attached hydrogens (tertiary/aromatic N) is 3. The number of methoxy groups -OCH3 is 1. The zero-order valence-electron chi connectivity index (χ0n) is 21.8. The summed E-state index contributed by atoms with van der Waals surface area (Å²) in [4.78, 5) is 41.7. The lowest BCUT2D eigenvalue weighted by Crippen LogP contribution is -2.29. The van der Waals surface area contributed by atoms with Gasteiger partial charge in [0.25, 0.3) is 5.56 Å². The van der Waals surface area contributed by atoms with Crippen molar-refractivity contribution in [1.29, 1.82) is 0 Å². The summed E-state index contributed by atoms with van der Waals surface area (Å²) in [7, 11) is 3.10. The maximum Gasteiger partial charge on any atom is 0.343 e. The van der Waals surface area contributed by atoms with Crippen molar-refractivity contribution in [2.24, 2.45) is 11.8 Å². The third kappa shape index (κ3) is 5.98. The lowest BCUT2D eigenvalue weighted by atomic mass is 10.0. The maximum atomic E-state index is 13.0. The molecule has 3 heterocycles. The van der Waals surface area contributed by atoms with E-state index in [2.05, 4.69) is 43.0 Å². The Balaban J connectivity index is 1.50. The van der Waals surface area contributed by atoms with Crippen LogP contribution in [0.2, 0.25) is 0 Å². The van der Waals surface area contributed by atoms with Gasteiger partial charge in [-0.05, 0) is 23.5 Å². The Kier molecular flexibility index (Phi) is 8.14. The minimum absolute atomic E-state index is 0.0250. The van der Waals surface area contributed by atoms with Gasteiger partial charge < -0.3 is 18.9 Å². The Bertz CT molecular complexity index is 1160. The first-order chi connectivity index (χ1) is 17.2. The van der Waals surface area contributed by atoms with E-state index in [4.69, 9.17) is 9.47 Å². The molecular formula is C28H37N3O5. The molecule has 0 spiro atoms. The summed E-state index contributed by atoms with van der Waals surface area (Å²) < 4.78 is 12.7. The summed E-state index contributed by atoms with van der Waals surface area (Å²) in [5.74, 6) is 0.459. The smallest absolute Gasteiger partial charge is 0.343 e. The third-order valence-corrected chi connectivity index (χ3v) is 7.04. The van der Waals surface area contributed by atoms with Gasteiger partial charge >= 0.3 is 5.97 Å². The van der Waals surface area contributed by atoms with Crippen molar-refractivity contribution in [2.45, 2.75) is 46.2 Å². The van der Waals surface area contributed by atoms with Gasteiger partial charge in [-0.3, -0.25) is 14.5 Å². The third-order valence-electron chi connectivity index (χ3n) is 7.04. The van der Waals surface area contributed by atoms with E-state index in [1.165, 1.54) is 24.3 Å². The Labute approximate surface area is 212 Å². The molecule has 0 bridgehead atoms. The average Bonchev–Trinajstić information content (AvgIpc) is 3.03. The summed E-state index contributed by atoms with van der Waals surface area (Å²) in [5.41, 5.74) is 3.35. The Morgan fingerprint density at radius 3 is 2.44 bits per heavy atom. The lowest BCUT2D eigenvalue weighted by Gasteiger charge is -2.19. The predicted octanol–water partition coefficient (Wildman–Crippen LogP) is 2.75. The maximum absolute atomic E-state index is 13.0. The van der Waals surface area contributed by atoms with Gasteiger partial charge in [-0.15, -0.1) is 0 Å². The van der Waals surface area contributed by atoms with Crippen LogP contribution in [0.15, 0.2) is 35.1 Å². The summed E-state index contributed by atoms with van der Waals surface area (Å²) in [5, 5.41) is 0. The molecule has 1 amide bonds. The van der Waals surface area contributed by atoms with Crippen LogP contribution in [0.25, 0.3) is 0 Å². The van der Waals surface area contributed by atoms with Gasteiger partial charge in [0.05, 0.1) is 13.7 Å². The largest absolute Gasteiger partial charge is 0.492 e. The number of rotatable bonds is 8. The Morgan fingerprint density at radius 2 is 1.81 bits per heavy atom. The number of carbonyl (C=O) groups excluding carboxylic acids is 2. The minimum atomic E-state index is -0.512. The number of aromatic nitrogens is 1.